The molecular weight excluding hydrogens is 470 g/mol. The van der Waals surface area contributed by atoms with Crippen molar-refractivity contribution in [3.8, 4) is 5.75 Å². The Bertz CT molecular complexity index is 723. The number of likely N-dealkylation sites (N-methyl/N-ethyl adjacent to an activating group) is 1. The van der Waals surface area contributed by atoms with E-state index < -0.39 is 0 Å². The fourth-order valence-corrected chi connectivity index (χ4v) is 2.47. The van der Waals surface area contributed by atoms with Gasteiger partial charge in [0.15, 0.2) is 5.96 Å². The molecule has 0 saturated carbocycles. The number of nitrogens with one attached hydrogen (secondary N) is 2. The summed E-state index contributed by atoms with van der Waals surface area (Å²) in [4.78, 5) is 6.33. The fourth-order valence-electron chi connectivity index (χ4n) is 2.47. The molecule has 2 N–H and O–H groups in total. The Hall–Kier alpha value is -1.87. The van der Waals surface area contributed by atoms with E-state index in [1.54, 1.807) is 19.2 Å². The minimum absolute atomic E-state index is 0. The first-order valence-electron chi connectivity index (χ1n) is 9.12. The normalized spacial score (nSPS) is 11.1. The van der Waals surface area contributed by atoms with Crippen LogP contribution in [0.25, 0.3) is 0 Å². The van der Waals surface area contributed by atoms with E-state index in [1.807, 2.05) is 32.3 Å². The van der Waals surface area contributed by atoms with Crippen molar-refractivity contribution in [2.45, 2.75) is 13.0 Å². The topological polar surface area (TPSA) is 48.9 Å². The molecule has 2 rings (SSSR count). The highest BCUT2D eigenvalue weighted by atomic mass is 127. The van der Waals surface area contributed by atoms with E-state index in [9.17, 15) is 4.39 Å². The smallest absolute Gasteiger partial charge is 0.191 e. The highest BCUT2D eigenvalue weighted by Crippen LogP contribution is 2.13. The Morgan fingerprint density at radius 2 is 1.82 bits per heavy atom. The number of benzene rings is 2. The Kier molecular flexibility index (Phi) is 11.5. The third kappa shape index (κ3) is 9.36. The summed E-state index contributed by atoms with van der Waals surface area (Å²) in [6, 6.07) is 14.6. The number of ether oxygens (including phenoxy) is 1. The molecule has 0 atom stereocenters. The van der Waals surface area contributed by atoms with Gasteiger partial charge < -0.3 is 20.3 Å². The van der Waals surface area contributed by atoms with Gasteiger partial charge in [-0.3, -0.25) is 4.99 Å². The highest BCUT2D eigenvalue weighted by Gasteiger charge is 2.01. The first kappa shape index (κ1) is 24.2. The summed E-state index contributed by atoms with van der Waals surface area (Å²) in [6.45, 7) is 2.92. The predicted molar refractivity (Wildman–Crippen MR) is 124 cm³/mol. The summed E-state index contributed by atoms with van der Waals surface area (Å²) in [7, 11) is 5.80. The van der Waals surface area contributed by atoms with E-state index in [1.165, 1.54) is 12.1 Å². The van der Waals surface area contributed by atoms with E-state index in [-0.39, 0.29) is 29.8 Å². The summed E-state index contributed by atoms with van der Waals surface area (Å²) >= 11 is 0. The van der Waals surface area contributed by atoms with E-state index >= 15 is 0 Å². The lowest BCUT2D eigenvalue weighted by atomic mass is 10.1. The number of nitrogens with zero attached hydrogens (tertiary/aromatic N) is 2. The minimum atomic E-state index is -0.211. The van der Waals surface area contributed by atoms with Gasteiger partial charge in [-0.05, 0) is 55.9 Å². The molecule has 0 amide bonds. The van der Waals surface area contributed by atoms with Crippen LogP contribution in [0.4, 0.5) is 4.39 Å². The molecule has 0 bridgehead atoms. The van der Waals surface area contributed by atoms with Gasteiger partial charge in [0.1, 0.15) is 18.2 Å². The lowest BCUT2D eigenvalue weighted by Crippen LogP contribution is -2.37. The van der Waals surface area contributed by atoms with E-state index in [4.69, 9.17) is 4.74 Å². The van der Waals surface area contributed by atoms with Crippen molar-refractivity contribution in [3.63, 3.8) is 0 Å². The van der Waals surface area contributed by atoms with Crippen molar-refractivity contribution >= 4 is 29.9 Å². The van der Waals surface area contributed by atoms with Crippen LogP contribution >= 0.6 is 24.0 Å². The van der Waals surface area contributed by atoms with Crippen LogP contribution < -0.4 is 15.4 Å². The average molecular weight is 500 g/mol. The molecule has 2 aromatic carbocycles. The van der Waals surface area contributed by atoms with Gasteiger partial charge in [-0.15, -0.1) is 24.0 Å². The SMILES string of the molecule is CN=C(NCCc1ccc(F)cc1)NCc1cccc(OCCN(C)C)c1.I. The molecule has 0 fully saturated rings. The van der Waals surface area contributed by atoms with Crippen LogP contribution in [-0.4, -0.2) is 51.7 Å². The maximum atomic E-state index is 12.9. The molecule has 154 valence electrons. The fraction of sp³-hybridized carbons (Fsp3) is 0.381. The number of guanidine groups is 1. The van der Waals surface area contributed by atoms with Crippen molar-refractivity contribution in [1.82, 2.24) is 15.5 Å². The zero-order chi connectivity index (χ0) is 19.5. The molecule has 0 aromatic heterocycles. The largest absolute Gasteiger partial charge is 0.492 e. The lowest BCUT2D eigenvalue weighted by molar-refractivity contribution is 0.261. The molecule has 0 radical (unpaired) electrons. The van der Waals surface area contributed by atoms with Crippen LogP contribution in [0, 0.1) is 5.82 Å². The van der Waals surface area contributed by atoms with Gasteiger partial charge in [-0.25, -0.2) is 4.39 Å². The van der Waals surface area contributed by atoms with Gasteiger partial charge in [0, 0.05) is 26.7 Å². The van der Waals surface area contributed by atoms with Crippen molar-refractivity contribution < 1.29 is 9.13 Å². The zero-order valence-electron chi connectivity index (χ0n) is 16.7. The molecule has 0 spiro atoms. The second kappa shape index (κ2) is 13.3. The number of hydrogen-bond donors (Lipinski definition) is 2. The second-order valence-corrected chi connectivity index (χ2v) is 6.53. The van der Waals surface area contributed by atoms with Gasteiger partial charge in [0.2, 0.25) is 0 Å². The molecule has 5 nitrogen and oxygen atoms in total. The summed E-state index contributed by atoms with van der Waals surface area (Å²) in [5, 5.41) is 6.57. The summed E-state index contributed by atoms with van der Waals surface area (Å²) < 4.78 is 18.7. The monoisotopic (exact) mass is 500 g/mol. The Balaban J connectivity index is 0.00000392. The van der Waals surface area contributed by atoms with Crippen molar-refractivity contribution in [2.24, 2.45) is 4.99 Å². The molecule has 0 saturated heterocycles. The van der Waals surface area contributed by atoms with Crippen molar-refractivity contribution in [1.29, 1.82) is 0 Å². The van der Waals surface area contributed by atoms with Crippen LogP contribution in [0.15, 0.2) is 53.5 Å². The summed E-state index contributed by atoms with van der Waals surface area (Å²) in [6.07, 6.45) is 0.802. The molecule has 28 heavy (non-hydrogen) atoms. The summed E-state index contributed by atoms with van der Waals surface area (Å²) in [5.74, 6) is 1.39. The van der Waals surface area contributed by atoms with Crippen molar-refractivity contribution in [2.75, 3.05) is 40.8 Å². The van der Waals surface area contributed by atoms with Crippen LogP contribution in [-0.2, 0) is 13.0 Å². The Morgan fingerprint density at radius 1 is 1.07 bits per heavy atom. The third-order valence-corrected chi connectivity index (χ3v) is 4.01. The Morgan fingerprint density at radius 3 is 2.50 bits per heavy atom. The number of halogens is 2. The maximum Gasteiger partial charge on any atom is 0.191 e. The van der Waals surface area contributed by atoms with Gasteiger partial charge in [0.05, 0.1) is 0 Å². The highest BCUT2D eigenvalue weighted by molar-refractivity contribution is 14.0. The average Bonchev–Trinajstić information content (AvgIpc) is 2.66. The predicted octanol–water partition coefficient (Wildman–Crippen LogP) is 3.29. The molecule has 2 aromatic rings. The maximum absolute atomic E-state index is 12.9. The van der Waals surface area contributed by atoms with Crippen LogP contribution in [0.1, 0.15) is 11.1 Å². The summed E-state index contributed by atoms with van der Waals surface area (Å²) in [5.41, 5.74) is 2.21. The van der Waals surface area contributed by atoms with E-state index in [0.29, 0.717) is 13.2 Å². The number of aliphatic imine (C=N–C) groups is 1. The van der Waals surface area contributed by atoms with Gasteiger partial charge in [-0.1, -0.05) is 24.3 Å². The molecule has 0 aliphatic carbocycles. The lowest BCUT2D eigenvalue weighted by Gasteiger charge is -2.14. The zero-order valence-corrected chi connectivity index (χ0v) is 19.1. The molecule has 0 aliphatic heterocycles. The molecule has 0 heterocycles. The minimum Gasteiger partial charge on any atom is -0.492 e. The first-order valence-corrected chi connectivity index (χ1v) is 9.12. The molecule has 0 unspecified atom stereocenters. The quantitative estimate of drug-likeness (QED) is 0.315. The van der Waals surface area contributed by atoms with Crippen molar-refractivity contribution in [3.05, 3.63) is 65.5 Å². The van der Waals surface area contributed by atoms with Gasteiger partial charge >= 0.3 is 0 Å². The van der Waals surface area contributed by atoms with E-state index in [0.717, 1.165) is 42.3 Å². The Labute approximate surface area is 184 Å². The molecular formula is C21H30FIN4O. The third-order valence-electron chi connectivity index (χ3n) is 4.01. The molecule has 0 aliphatic rings. The first-order chi connectivity index (χ1) is 13.1. The van der Waals surface area contributed by atoms with Gasteiger partial charge in [0.25, 0.3) is 0 Å². The van der Waals surface area contributed by atoms with Crippen LogP contribution in [0.3, 0.4) is 0 Å². The van der Waals surface area contributed by atoms with Gasteiger partial charge in [-0.2, -0.15) is 0 Å². The van der Waals surface area contributed by atoms with Crippen LogP contribution in [0.5, 0.6) is 5.75 Å². The standard InChI is InChI=1S/C21H29FN4O.HI/c1-23-21(24-12-11-17-7-9-19(22)10-8-17)25-16-18-5-4-6-20(15-18)27-14-13-26(2)3;/h4-10,15H,11-14,16H2,1-3H3,(H2,23,24,25);1H. The van der Waals surface area contributed by atoms with Crippen LogP contribution in [0.2, 0.25) is 0 Å². The number of hydrogen-bond acceptors (Lipinski definition) is 3. The molecule has 7 heteroatoms. The van der Waals surface area contributed by atoms with E-state index in [2.05, 4.69) is 26.6 Å². The number of rotatable bonds is 9. The second-order valence-electron chi connectivity index (χ2n) is 6.53.